The monoisotopic (exact) mass is 332 g/mol. The van der Waals surface area contributed by atoms with Gasteiger partial charge < -0.3 is 14.4 Å². The zero-order valence-corrected chi connectivity index (χ0v) is 14.6. The summed E-state index contributed by atoms with van der Waals surface area (Å²) in [5.74, 6) is 1.63. The van der Waals surface area contributed by atoms with E-state index in [1.807, 2.05) is 18.2 Å². The quantitative estimate of drug-likeness (QED) is 0.808. The molecule has 1 aliphatic heterocycles. The van der Waals surface area contributed by atoms with Crippen molar-refractivity contribution < 1.29 is 9.47 Å². The molecule has 3 rings (SSSR count). The fourth-order valence-electron chi connectivity index (χ4n) is 3.04. The highest BCUT2D eigenvalue weighted by Gasteiger charge is 2.17. The molecule has 0 radical (unpaired) electrons. The van der Waals surface area contributed by atoms with Gasteiger partial charge in [-0.05, 0) is 37.9 Å². The predicted molar refractivity (Wildman–Crippen MR) is 94.0 cm³/mol. The van der Waals surface area contributed by atoms with Gasteiger partial charge >= 0.3 is 0 Å². The van der Waals surface area contributed by atoms with E-state index < -0.39 is 0 Å². The van der Waals surface area contributed by atoms with Gasteiger partial charge in [0.05, 0.1) is 18.4 Å². The molecule has 2 heterocycles. The van der Waals surface area contributed by atoms with Crippen LogP contribution in [0.1, 0.15) is 18.5 Å². The number of hydrogen-bond donors (Lipinski definition) is 0. The number of benzene rings is 1. The van der Waals surface area contributed by atoms with Crippen molar-refractivity contribution in [3.63, 3.8) is 0 Å². The van der Waals surface area contributed by atoms with Crippen molar-refractivity contribution in [2.24, 2.45) is 5.92 Å². The van der Waals surface area contributed by atoms with Crippen molar-refractivity contribution >= 4 is 11.3 Å². The summed E-state index contributed by atoms with van der Waals surface area (Å²) in [4.78, 5) is 7.17. The van der Waals surface area contributed by atoms with E-state index in [9.17, 15) is 0 Å². The molecule has 23 heavy (non-hydrogen) atoms. The standard InChI is InChI=1S/C18H24N2O2S/c1-20(11-14-7-9-22-10-8-14)12-15-13-23-18(19-15)16-5-3-4-6-17(16)21-2/h3-6,13-14H,7-12H2,1-2H3. The molecule has 0 unspecified atom stereocenters. The number of aromatic nitrogens is 1. The second-order valence-electron chi connectivity index (χ2n) is 6.10. The Bertz CT molecular complexity index is 623. The predicted octanol–water partition coefficient (Wildman–Crippen LogP) is 3.68. The van der Waals surface area contributed by atoms with Gasteiger partial charge in [-0.1, -0.05) is 12.1 Å². The summed E-state index contributed by atoms with van der Waals surface area (Å²) in [6.45, 7) is 3.83. The molecular weight excluding hydrogens is 308 g/mol. The third kappa shape index (κ3) is 4.31. The van der Waals surface area contributed by atoms with Crippen LogP contribution in [0, 0.1) is 5.92 Å². The largest absolute Gasteiger partial charge is 0.496 e. The molecule has 4 nitrogen and oxygen atoms in total. The molecule has 0 saturated carbocycles. The number of ether oxygens (including phenoxy) is 2. The van der Waals surface area contributed by atoms with Crippen LogP contribution in [-0.4, -0.2) is 43.8 Å². The summed E-state index contributed by atoms with van der Waals surface area (Å²) in [6, 6.07) is 8.05. The van der Waals surface area contributed by atoms with Crippen LogP contribution in [0.15, 0.2) is 29.6 Å². The van der Waals surface area contributed by atoms with Crippen LogP contribution in [0.4, 0.5) is 0 Å². The molecule has 1 fully saturated rings. The Kier molecular flexibility index (Phi) is 5.65. The minimum absolute atomic E-state index is 0.751. The van der Waals surface area contributed by atoms with Crippen LogP contribution in [0.3, 0.4) is 0 Å². The Morgan fingerprint density at radius 2 is 2.09 bits per heavy atom. The van der Waals surface area contributed by atoms with Crippen LogP contribution in [-0.2, 0) is 11.3 Å². The summed E-state index contributed by atoms with van der Waals surface area (Å²) in [5, 5.41) is 3.18. The lowest BCUT2D eigenvalue weighted by molar-refractivity contribution is 0.0548. The average molecular weight is 332 g/mol. The number of thiazole rings is 1. The maximum Gasteiger partial charge on any atom is 0.129 e. The molecule has 1 aromatic carbocycles. The van der Waals surface area contributed by atoms with Crippen molar-refractivity contribution in [2.75, 3.05) is 33.9 Å². The Hall–Kier alpha value is -1.43. The van der Waals surface area contributed by atoms with Gasteiger partial charge in [0, 0.05) is 31.7 Å². The number of hydrogen-bond acceptors (Lipinski definition) is 5. The molecule has 0 spiro atoms. The zero-order valence-electron chi connectivity index (χ0n) is 13.8. The molecule has 124 valence electrons. The van der Waals surface area contributed by atoms with Gasteiger partial charge in [-0.3, -0.25) is 0 Å². The Morgan fingerprint density at radius 3 is 2.87 bits per heavy atom. The number of para-hydroxylation sites is 1. The first-order valence-corrected chi connectivity index (χ1v) is 8.98. The third-order valence-corrected chi connectivity index (χ3v) is 5.16. The van der Waals surface area contributed by atoms with Crippen LogP contribution in [0.25, 0.3) is 10.6 Å². The summed E-state index contributed by atoms with van der Waals surface area (Å²) in [5.41, 5.74) is 2.20. The molecule has 1 aliphatic rings. The summed E-state index contributed by atoms with van der Waals surface area (Å²) >= 11 is 1.68. The van der Waals surface area contributed by atoms with Gasteiger partial charge in [0.15, 0.2) is 0 Å². The Labute approximate surface area is 142 Å². The van der Waals surface area contributed by atoms with Gasteiger partial charge in [0.2, 0.25) is 0 Å². The zero-order chi connectivity index (χ0) is 16.1. The van der Waals surface area contributed by atoms with Crippen LogP contribution >= 0.6 is 11.3 Å². The first kappa shape index (κ1) is 16.4. The summed E-state index contributed by atoms with van der Waals surface area (Å²) < 4.78 is 10.9. The van der Waals surface area contributed by atoms with E-state index in [1.54, 1.807) is 18.4 Å². The van der Waals surface area contributed by atoms with E-state index in [4.69, 9.17) is 14.5 Å². The van der Waals surface area contributed by atoms with Crippen molar-refractivity contribution in [3.8, 4) is 16.3 Å². The second-order valence-corrected chi connectivity index (χ2v) is 6.95. The van der Waals surface area contributed by atoms with Crippen LogP contribution in [0.5, 0.6) is 5.75 Å². The van der Waals surface area contributed by atoms with Gasteiger partial charge in [-0.2, -0.15) is 0 Å². The minimum atomic E-state index is 0.751. The molecule has 0 bridgehead atoms. The second kappa shape index (κ2) is 7.90. The van der Waals surface area contributed by atoms with Gasteiger partial charge in [-0.25, -0.2) is 4.98 Å². The van der Waals surface area contributed by atoms with Gasteiger partial charge in [0.1, 0.15) is 10.8 Å². The minimum Gasteiger partial charge on any atom is -0.496 e. The van der Waals surface area contributed by atoms with Crippen LogP contribution in [0.2, 0.25) is 0 Å². The molecule has 0 amide bonds. The highest BCUT2D eigenvalue weighted by Crippen LogP contribution is 2.32. The average Bonchev–Trinajstić information content (AvgIpc) is 3.03. The highest BCUT2D eigenvalue weighted by atomic mass is 32.1. The first-order chi connectivity index (χ1) is 11.3. The van der Waals surface area contributed by atoms with Crippen LogP contribution < -0.4 is 4.74 Å². The fraction of sp³-hybridized carbons (Fsp3) is 0.500. The maximum atomic E-state index is 5.44. The maximum absolute atomic E-state index is 5.44. The first-order valence-electron chi connectivity index (χ1n) is 8.10. The van der Waals surface area contributed by atoms with E-state index in [0.29, 0.717) is 0 Å². The Morgan fingerprint density at radius 1 is 1.30 bits per heavy atom. The lowest BCUT2D eigenvalue weighted by atomic mass is 10.00. The summed E-state index contributed by atoms with van der Waals surface area (Å²) in [6.07, 6.45) is 2.35. The fourth-order valence-corrected chi connectivity index (χ4v) is 3.88. The third-order valence-electron chi connectivity index (χ3n) is 4.23. The number of nitrogens with zero attached hydrogens (tertiary/aromatic N) is 2. The van der Waals surface area contributed by atoms with Crippen molar-refractivity contribution in [2.45, 2.75) is 19.4 Å². The number of rotatable bonds is 6. The van der Waals surface area contributed by atoms with E-state index in [2.05, 4.69) is 23.4 Å². The molecule has 0 N–H and O–H groups in total. The summed E-state index contributed by atoms with van der Waals surface area (Å²) in [7, 11) is 3.88. The van der Waals surface area contributed by atoms with Crippen molar-refractivity contribution in [3.05, 3.63) is 35.3 Å². The normalized spacial score (nSPS) is 16.0. The van der Waals surface area contributed by atoms with E-state index >= 15 is 0 Å². The smallest absolute Gasteiger partial charge is 0.129 e. The van der Waals surface area contributed by atoms with Gasteiger partial charge in [-0.15, -0.1) is 11.3 Å². The van der Waals surface area contributed by atoms with Crippen molar-refractivity contribution in [1.82, 2.24) is 9.88 Å². The van der Waals surface area contributed by atoms with Crippen molar-refractivity contribution in [1.29, 1.82) is 0 Å². The molecule has 0 atom stereocenters. The molecule has 0 aliphatic carbocycles. The lowest BCUT2D eigenvalue weighted by Gasteiger charge is -2.26. The highest BCUT2D eigenvalue weighted by molar-refractivity contribution is 7.13. The van der Waals surface area contributed by atoms with Gasteiger partial charge in [0.25, 0.3) is 0 Å². The number of methoxy groups -OCH3 is 1. The molecule has 2 aromatic rings. The van der Waals surface area contributed by atoms with E-state index in [-0.39, 0.29) is 0 Å². The Balaban J connectivity index is 1.62. The molecular formula is C18H24N2O2S. The molecule has 1 saturated heterocycles. The lowest BCUT2D eigenvalue weighted by Crippen LogP contribution is -2.29. The van der Waals surface area contributed by atoms with E-state index in [0.717, 1.165) is 54.2 Å². The topological polar surface area (TPSA) is 34.6 Å². The SMILES string of the molecule is COc1ccccc1-c1nc(CN(C)CC2CCOCC2)cs1. The molecule has 1 aromatic heterocycles. The molecule has 5 heteroatoms. The van der Waals surface area contributed by atoms with E-state index in [1.165, 1.54) is 12.8 Å².